The van der Waals surface area contributed by atoms with Crippen LogP contribution in [0.4, 0.5) is 0 Å². The summed E-state index contributed by atoms with van der Waals surface area (Å²) < 4.78 is 5.64. The van der Waals surface area contributed by atoms with Crippen LogP contribution in [0.25, 0.3) is 0 Å². The van der Waals surface area contributed by atoms with Crippen molar-refractivity contribution >= 4 is 17.2 Å². The van der Waals surface area contributed by atoms with Gasteiger partial charge in [0.2, 0.25) is 0 Å². The topological polar surface area (TPSA) is 38.3 Å². The molecular formula is C17H21NO2S. The van der Waals surface area contributed by atoms with Crippen LogP contribution >= 0.6 is 11.3 Å². The number of rotatable bonds is 5. The third-order valence-electron chi connectivity index (χ3n) is 3.62. The van der Waals surface area contributed by atoms with E-state index in [9.17, 15) is 4.79 Å². The Morgan fingerprint density at radius 1 is 1.19 bits per heavy atom. The molecule has 0 radical (unpaired) electrons. The number of carbonyl (C=O) groups is 1. The molecule has 0 fully saturated rings. The van der Waals surface area contributed by atoms with Crippen LogP contribution in [0.2, 0.25) is 0 Å². The molecule has 1 aromatic heterocycles. The summed E-state index contributed by atoms with van der Waals surface area (Å²) in [6.07, 6.45) is 0. The van der Waals surface area contributed by atoms with E-state index in [1.165, 1.54) is 16.0 Å². The fourth-order valence-corrected chi connectivity index (χ4v) is 3.03. The van der Waals surface area contributed by atoms with Crippen LogP contribution in [0.3, 0.4) is 0 Å². The van der Waals surface area contributed by atoms with Crippen molar-refractivity contribution < 1.29 is 9.53 Å². The summed E-state index contributed by atoms with van der Waals surface area (Å²) in [4.78, 5) is 13.2. The van der Waals surface area contributed by atoms with Crippen molar-refractivity contribution in [2.75, 3.05) is 6.61 Å². The molecule has 0 bridgehead atoms. The van der Waals surface area contributed by atoms with E-state index in [0.717, 1.165) is 16.9 Å². The maximum atomic E-state index is 11.9. The zero-order valence-corrected chi connectivity index (χ0v) is 13.8. The first-order valence-electron chi connectivity index (χ1n) is 6.98. The standard InChI is InChI=1S/C17H21NO2S/c1-11-6-5-7-12(2)17(11)20-9-16(19)18-8-15-10-21-14(4)13(15)3/h5-7,10H,8-9H2,1-4H3,(H,18,19). The molecular weight excluding hydrogens is 282 g/mol. The van der Waals surface area contributed by atoms with E-state index in [0.29, 0.717) is 6.54 Å². The van der Waals surface area contributed by atoms with E-state index in [1.54, 1.807) is 11.3 Å². The largest absolute Gasteiger partial charge is 0.483 e. The van der Waals surface area contributed by atoms with Gasteiger partial charge in [0.25, 0.3) is 5.91 Å². The van der Waals surface area contributed by atoms with Gasteiger partial charge < -0.3 is 10.1 Å². The van der Waals surface area contributed by atoms with E-state index >= 15 is 0 Å². The Hall–Kier alpha value is -1.81. The van der Waals surface area contributed by atoms with E-state index in [1.807, 2.05) is 32.0 Å². The van der Waals surface area contributed by atoms with Crippen molar-refractivity contribution in [2.24, 2.45) is 0 Å². The second-order valence-corrected chi connectivity index (χ2v) is 6.31. The first-order chi connectivity index (χ1) is 9.99. The number of ether oxygens (including phenoxy) is 1. The SMILES string of the molecule is Cc1cccc(C)c1OCC(=O)NCc1csc(C)c1C. The number of thiophene rings is 1. The predicted molar refractivity (Wildman–Crippen MR) is 87.1 cm³/mol. The molecule has 0 saturated carbocycles. The second kappa shape index (κ2) is 6.76. The molecule has 112 valence electrons. The van der Waals surface area contributed by atoms with Gasteiger partial charge >= 0.3 is 0 Å². The molecule has 0 aliphatic heterocycles. The van der Waals surface area contributed by atoms with Crippen molar-refractivity contribution in [3.05, 3.63) is 50.7 Å². The zero-order chi connectivity index (χ0) is 15.4. The van der Waals surface area contributed by atoms with Gasteiger partial charge in [0.15, 0.2) is 6.61 Å². The Bertz CT molecular complexity index is 626. The molecule has 1 N–H and O–H groups in total. The maximum absolute atomic E-state index is 11.9. The first-order valence-corrected chi connectivity index (χ1v) is 7.86. The predicted octanol–water partition coefficient (Wildman–Crippen LogP) is 3.68. The molecule has 0 spiro atoms. The molecule has 1 heterocycles. The van der Waals surface area contributed by atoms with Gasteiger partial charge in [-0.1, -0.05) is 18.2 Å². The quantitative estimate of drug-likeness (QED) is 0.915. The highest BCUT2D eigenvalue weighted by molar-refractivity contribution is 7.10. The molecule has 1 aromatic carbocycles. The van der Waals surface area contributed by atoms with Gasteiger partial charge in [0.1, 0.15) is 5.75 Å². The van der Waals surface area contributed by atoms with Crippen LogP contribution in [-0.2, 0) is 11.3 Å². The fraction of sp³-hybridized carbons (Fsp3) is 0.353. The lowest BCUT2D eigenvalue weighted by Crippen LogP contribution is -2.28. The molecule has 2 rings (SSSR count). The molecule has 0 unspecified atom stereocenters. The fourth-order valence-electron chi connectivity index (χ4n) is 2.15. The molecule has 0 atom stereocenters. The Morgan fingerprint density at radius 3 is 2.43 bits per heavy atom. The van der Waals surface area contributed by atoms with Crippen molar-refractivity contribution in [2.45, 2.75) is 34.2 Å². The van der Waals surface area contributed by atoms with Crippen molar-refractivity contribution in [1.82, 2.24) is 5.32 Å². The summed E-state index contributed by atoms with van der Waals surface area (Å²) in [6.45, 7) is 8.75. The zero-order valence-electron chi connectivity index (χ0n) is 12.9. The Labute approximate surface area is 130 Å². The molecule has 0 saturated heterocycles. The van der Waals surface area contributed by atoms with E-state index < -0.39 is 0 Å². The molecule has 0 aliphatic carbocycles. The van der Waals surface area contributed by atoms with Gasteiger partial charge in [0, 0.05) is 11.4 Å². The minimum Gasteiger partial charge on any atom is -0.483 e. The minimum absolute atomic E-state index is 0.0495. The molecule has 4 heteroatoms. The van der Waals surface area contributed by atoms with Crippen molar-refractivity contribution in [3.8, 4) is 5.75 Å². The van der Waals surface area contributed by atoms with Crippen LogP contribution in [0.1, 0.15) is 27.1 Å². The minimum atomic E-state index is -0.0964. The van der Waals surface area contributed by atoms with E-state index in [-0.39, 0.29) is 12.5 Å². The Morgan fingerprint density at radius 2 is 1.86 bits per heavy atom. The molecule has 0 aliphatic rings. The van der Waals surface area contributed by atoms with Gasteiger partial charge in [0.05, 0.1) is 0 Å². The third kappa shape index (κ3) is 3.85. The lowest BCUT2D eigenvalue weighted by Gasteiger charge is -2.12. The van der Waals surface area contributed by atoms with Crippen LogP contribution in [-0.4, -0.2) is 12.5 Å². The average Bonchev–Trinajstić information content (AvgIpc) is 2.76. The second-order valence-electron chi connectivity index (χ2n) is 5.23. The number of hydrogen-bond donors (Lipinski definition) is 1. The van der Waals surface area contributed by atoms with Crippen LogP contribution in [0.15, 0.2) is 23.6 Å². The lowest BCUT2D eigenvalue weighted by atomic mass is 10.1. The maximum Gasteiger partial charge on any atom is 0.258 e. The normalized spacial score (nSPS) is 10.5. The summed E-state index contributed by atoms with van der Waals surface area (Å²) >= 11 is 1.71. The highest BCUT2D eigenvalue weighted by Gasteiger charge is 2.09. The number of amides is 1. The van der Waals surface area contributed by atoms with E-state index in [4.69, 9.17) is 4.74 Å². The summed E-state index contributed by atoms with van der Waals surface area (Å²) in [5.74, 6) is 0.705. The smallest absolute Gasteiger partial charge is 0.258 e. The number of para-hydroxylation sites is 1. The molecule has 2 aromatic rings. The molecule has 1 amide bonds. The summed E-state index contributed by atoms with van der Waals surface area (Å²) in [5.41, 5.74) is 4.54. The number of carbonyl (C=O) groups excluding carboxylic acids is 1. The Kier molecular flexibility index (Phi) is 5.02. The highest BCUT2D eigenvalue weighted by Crippen LogP contribution is 2.22. The van der Waals surface area contributed by atoms with Crippen LogP contribution < -0.4 is 10.1 Å². The number of aryl methyl sites for hydroxylation is 3. The van der Waals surface area contributed by atoms with Crippen molar-refractivity contribution in [1.29, 1.82) is 0 Å². The highest BCUT2D eigenvalue weighted by atomic mass is 32.1. The van der Waals surface area contributed by atoms with Gasteiger partial charge in [-0.3, -0.25) is 4.79 Å². The lowest BCUT2D eigenvalue weighted by molar-refractivity contribution is -0.123. The summed E-state index contributed by atoms with van der Waals surface area (Å²) in [7, 11) is 0. The summed E-state index contributed by atoms with van der Waals surface area (Å²) in [5, 5.41) is 5.00. The van der Waals surface area contributed by atoms with Gasteiger partial charge in [-0.15, -0.1) is 11.3 Å². The Balaban J connectivity index is 1.87. The van der Waals surface area contributed by atoms with E-state index in [2.05, 4.69) is 24.5 Å². The van der Waals surface area contributed by atoms with Crippen molar-refractivity contribution in [3.63, 3.8) is 0 Å². The average molecular weight is 303 g/mol. The first kappa shape index (κ1) is 15.6. The molecule has 3 nitrogen and oxygen atoms in total. The monoisotopic (exact) mass is 303 g/mol. The van der Waals surface area contributed by atoms with Gasteiger partial charge in [-0.2, -0.15) is 0 Å². The third-order valence-corrected chi connectivity index (χ3v) is 4.68. The summed E-state index contributed by atoms with van der Waals surface area (Å²) in [6, 6.07) is 5.95. The number of benzene rings is 1. The molecule has 21 heavy (non-hydrogen) atoms. The van der Waals surface area contributed by atoms with Crippen LogP contribution in [0, 0.1) is 27.7 Å². The van der Waals surface area contributed by atoms with Gasteiger partial charge in [-0.25, -0.2) is 0 Å². The van der Waals surface area contributed by atoms with Gasteiger partial charge in [-0.05, 0) is 55.3 Å². The van der Waals surface area contributed by atoms with Crippen LogP contribution in [0.5, 0.6) is 5.75 Å². The number of hydrogen-bond acceptors (Lipinski definition) is 3. The number of nitrogens with one attached hydrogen (secondary N) is 1.